The number of nitrogens with zero attached hydrogens (tertiary/aromatic N) is 2. The van der Waals surface area contributed by atoms with Gasteiger partial charge in [-0.15, -0.1) is 0 Å². The molecule has 2 rings (SSSR count). The quantitative estimate of drug-likeness (QED) is 0.686. The van der Waals surface area contributed by atoms with Gasteiger partial charge in [0.1, 0.15) is 0 Å². The molecule has 1 aliphatic rings. The summed E-state index contributed by atoms with van der Waals surface area (Å²) in [5, 5.41) is 19.8. The van der Waals surface area contributed by atoms with Crippen molar-refractivity contribution >= 4 is 11.4 Å². The van der Waals surface area contributed by atoms with Crippen molar-refractivity contribution in [1.29, 1.82) is 0 Å². The third-order valence-electron chi connectivity index (χ3n) is 3.39. The molecule has 0 radical (unpaired) electrons. The van der Waals surface area contributed by atoms with Crippen LogP contribution in [0.4, 0.5) is 24.5 Å². The summed E-state index contributed by atoms with van der Waals surface area (Å²) < 4.78 is 39.2. The first-order valence-corrected chi connectivity index (χ1v) is 6.07. The Morgan fingerprint density at radius 3 is 2.70 bits per heavy atom. The van der Waals surface area contributed by atoms with Crippen LogP contribution in [0.1, 0.15) is 18.4 Å². The Morgan fingerprint density at radius 2 is 2.15 bits per heavy atom. The number of aliphatic hydroxyl groups excluding tert-OH is 1. The number of alkyl halides is 3. The maximum absolute atomic E-state index is 13.1. The zero-order valence-electron chi connectivity index (χ0n) is 10.4. The number of rotatable bonds is 3. The van der Waals surface area contributed by atoms with Crippen LogP contribution in [0.15, 0.2) is 18.2 Å². The van der Waals surface area contributed by atoms with Crippen molar-refractivity contribution in [3.8, 4) is 0 Å². The lowest BCUT2D eigenvalue weighted by atomic mass is 10.1. The Bertz CT molecular complexity index is 519. The first-order valence-electron chi connectivity index (χ1n) is 6.07. The molecule has 1 N–H and O–H groups in total. The number of nitro groups is 1. The fraction of sp³-hybridized carbons (Fsp3) is 0.500. The number of non-ortho nitro benzene ring substituents is 1. The maximum Gasteiger partial charge on any atom is 0.418 e. The van der Waals surface area contributed by atoms with E-state index in [-0.39, 0.29) is 18.3 Å². The van der Waals surface area contributed by atoms with Gasteiger partial charge in [0.2, 0.25) is 0 Å². The Morgan fingerprint density at radius 1 is 1.45 bits per heavy atom. The van der Waals surface area contributed by atoms with Crippen LogP contribution in [0.25, 0.3) is 0 Å². The van der Waals surface area contributed by atoms with Gasteiger partial charge in [0.25, 0.3) is 5.69 Å². The number of hydrogen-bond acceptors (Lipinski definition) is 4. The minimum Gasteiger partial charge on any atom is -0.394 e. The van der Waals surface area contributed by atoms with E-state index in [2.05, 4.69) is 0 Å². The standard InChI is InChI=1S/C12H13F3N2O3/c13-12(14,15)10-6-8(17(19)20)3-4-11(10)16-5-1-2-9(16)7-18/h3-4,6,9,18H,1-2,5,7H2. The number of anilines is 1. The van der Waals surface area contributed by atoms with E-state index >= 15 is 0 Å². The van der Waals surface area contributed by atoms with Gasteiger partial charge >= 0.3 is 6.18 Å². The smallest absolute Gasteiger partial charge is 0.394 e. The minimum absolute atomic E-state index is 0.111. The van der Waals surface area contributed by atoms with Crippen LogP contribution >= 0.6 is 0 Å². The summed E-state index contributed by atoms with van der Waals surface area (Å²) in [5.41, 5.74) is -1.74. The molecule has 1 saturated heterocycles. The van der Waals surface area contributed by atoms with Gasteiger partial charge < -0.3 is 10.0 Å². The van der Waals surface area contributed by atoms with Gasteiger partial charge in [-0.3, -0.25) is 10.1 Å². The topological polar surface area (TPSA) is 66.6 Å². The SMILES string of the molecule is O=[N+]([O-])c1ccc(N2CCCC2CO)c(C(F)(F)F)c1. The summed E-state index contributed by atoms with van der Waals surface area (Å²) in [5.74, 6) is 0. The Kier molecular flexibility index (Phi) is 3.85. The van der Waals surface area contributed by atoms with Crippen LogP contribution in [0.3, 0.4) is 0 Å². The molecule has 110 valence electrons. The van der Waals surface area contributed by atoms with Crippen LogP contribution < -0.4 is 4.90 Å². The normalized spacial score (nSPS) is 19.4. The van der Waals surface area contributed by atoms with Crippen molar-refractivity contribution in [2.75, 3.05) is 18.1 Å². The third-order valence-corrected chi connectivity index (χ3v) is 3.39. The predicted octanol–water partition coefficient (Wildman–Crippen LogP) is 2.57. The van der Waals surface area contributed by atoms with Gasteiger partial charge in [-0.25, -0.2) is 0 Å². The zero-order chi connectivity index (χ0) is 14.9. The van der Waals surface area contributed by atoms with Crippen molar-refractivity contribution in [1.82, 2.24) is 0 Å². The van der Waals surface area contributed by atoms with Gasteiger partial charge in [-0.1, -0.05) is 0 Å². The number of hydrogen-bond donors (Lipinski definition) is 1. The van der Waals surface area contributed by atoms with Crippen LogP contribution in [-0.2, 0) is 6.18 Å². The largest absolute Gasteiger partial charge is 0.418 e. The second-order valence-electron chi connectivity index (χ2n) is 4.63. The van der Waals surface area contributed by atoms with Gasteiger partial charge in [0, 0.05) is 24.4 Å². The second-order valence-corrected chi connectivity index (χ2v) is 4.63. The summed E-state index contributed by atoms with van der Waals surface area (Å²) >= 11 is 0. The van der Waals surface area contributed by atoms with E-state index in [0.29, 0.717) is 25.5 Å². The Labute approximate surface area is 112 Å². The Hall–Kier alpha value is -1.83. The lowest BCUT2D eigenvalue weighted by Gasteiger charge is -2.28. The molecular formula is C12H13F3N2O3. The van der Waals surface area contributed by atoms with Crippen LogP contribution in [0.5, 0.6) is 0 Å². The summed E-state index contributed by atoms with van der Waals surface area (Å²) in [7, 11) is 0. The van der Waals surface area contributed by atoms with E-state index in [1.54, 1.807) is 0 Å². The third kappa shape index (κ3) is 2.69. The van der Waals surface area contributed by atoms with Crippen molar-refractivity contribution in [3.63, 3.8) is 0 Å². The van der Waals surface area contributed by atoms with E-state index < -0.39 is 22.4 Å². The molecule has 0 saturated carbocycles. The molecule has 1 heterocycles. The lowest BCUT2D eigenvalue weighted by Crippen LogP contribution is -2.33. The fourth-order valence-corrected chi connectivity index (χ4v) is 2.46. The van der Waals surface area contributed by atoms with E-state index in [0.717, 1.165) is 12.1 Å². The molecule has 1 fully saturated rings. The molecule has 5 nitrogen and oxygen atoms in total. The lowest BCUT2D eigenvalue weighted by molar-refractivity contribution is -0.385. The fourth-order valence-electron chi connectivity index (χ4n) is 2.46. The molecular weight excluding hydrogens is 277 g/mol. The number of aliphatic hydroxyl groups is 1. The van der Waals surface area contributed by atoms with Crippen molar-refractivity contribution in [2.24, 2.45) is 0 Å². The Balaban J connectivity index is 2.49. The molecule has 0 spiro atoms. The first kappa shape index (κ1) is 14.6. The van der Waals surface area contributed by atoms with Gasteiger partial charge in [0.15, 0.2) is 0 Å². The molecule has 0 bridgehead atoms. The minimum atomic E-state index is -4.68. The molecule has 20 heavy (non-hydrogen) atoms. The number of halogens is 3. The molecule has 0 aromatic heterocycles. The van der Waals surface area contributed by atoms with Gasteiger partial charge in [0.05, 0.1) is 23.1 Å². The molecule has 1 aromatic carbocycles. The summed E-state index contributed by atoms with van der Waals surface area (Å²) in [6.45, 7) is 0.153. The summed E-state index contributed by atoms with van der Waals surface area (Å²) in [6.07, 6.45) is -3.39. The van der Waals surface area contributed by atoms with E-state index in [1.165, 1.54) is 4.90 Å². The number of nitro benzene ring substituents is 1. The molecule has 1 aliphatic heterocycles. The van der Waals surface area contributed by atoms with E-state index in [1.807, 2.05) is 0 Å². The van der Waals surface area contributed by atoms with Crippen molar-refractivity contribution in [2.45, 2.75) is 25.1 Å². The molecule has 8 heteroatoms. The van der Waals surface area contributed by atoms with Crippen LogP contribution in [0.2, 0.25) is 0 Å². The molecule has 1 aromatic rings. The zero-order valence-corrected chi connectivity index (χ0v) is 10.4. The monoisotopic (exact) mass is 290 g/mol. The summed E-state index contributed by atoms with van der Waals surface area (Å²) in [4.78, 5) is 11.2. The molecule has 1 atom stereocenters. The molecule has 0 amide bonds. The van der Waals surface area contributed by atoms with Crippen LogP contribution in [-0.4, -0.2) is 29.2 Å². The van der Waals surface area contributed by atoms with E-state index in [4.69, 9.17) is 0 Å². The predicted molar refractivity (Wildman–Crippen MR) is 65.6 cm³/mol. The first-order chi connectivity index (χ1) is 9.34. The highest BCUT2D eigenvalue weighted by atomic mass is 19.4. The summed E-state index contributed by atoms with van der Waals surface area (Å²) in [6, 6.07) is 2.33. The number of benzene rings is 1. The average Bonchev–Trinajstić information content (AvgIpc) is 2.85. The van der Waals surface area contributed by atoms with Gasteiger partial charge in [-0.2, -0.15) is 13.2 Å². The van der Waals surface area contributed by atoms with Crippen molar-refractivity contribution < 1.29 is 23.2 Å². The van der Waals surface area contributed by atoms with E-state index in [9.17, 15) is 28.4 Å². The van der Waals surface area contributed by atoms with Gasteiger partial charge in [-0.05, 0) is 18.9 Å². The highest BCUT2D eigenvalue weighted by Gasteiger charge is 2.38. The molecule has 0 aliphatic carbocycles. The van der Waals surface area contributed by atoms with Crippen LogP contribution in [0, 0.1) is 10.1 Å². The average molecular weight is 290 g/mol. The van der Waals surface area contributed by atoms with Crippen molar-refractivity contribution in [3.05, 3.63) is 33.9 Å². The highest BCUT2D eigenvalue weighted by molar-refractivity contribution is 5.60. The maximum atomic E-state index is 13.1. The highest BCUT2D eigenvalue weighted by Crippen LogP contribution is 2.40. The molecule has 1 unspecified atom stereocenters. The second kappa shape index (κ2) is 5.28.